The molecule has 0 bridgehead atoms. The molecule has 1 aliphatic rings. The van der Waals surface area contributed by atoms with Crippen LogP contribution in [0.15, 0.2) is 30.3 Å². The quantitative estimate of drug-likeness (QED) is 0.712. The third-order valence-corrected chi connectivity index (χ3v) is 3.33. The summed E-state index contributed by atoms with van der Waals surface area (Å²) in [4.78, 5) is 0. The molecular weight excluding hydrogens is 196 g/mol. The van der Waals surface area contributed by atoms with Crippen molar-refractivity contribution in [2.45, 2.75) is 19.3 Å². The van der Waals surface area contributed by atoms with E-state index in [0.717, 1.165) is 18.9 Å². The van der Waals surface area contributed by atoms with Gasteiger partial charge < -0.3 is 10.6 Å². The molecule has 0 radical (unpaired) electrons. The van der Waals surface area contributed by atoms with Crippen molar-refractivity contribution in [1.82, 2.24) is 10.6 Å². The molecule has 2 rings (SSSR count). The highest BCUT2D eigenvalue weighted by molar-refractivity contribution is 5.14. The Bertz CT molecular complexity index is 278. The molecule has 2 N–H and O–H groups in total. The average molecular weight is 218 g/mol. The zero-order valence-electron chi connectivity index (χ0n) is 9.91. The Morgan fingerprint density at radius 1 is 1.19 bits per heavy atom. The maximum atomic E-state index is 3.53. The van der Waals surface area contributed by atoms with Crippen LogP contribution in [-0.4, -0.2) is 26.2 Å². The van der Waals surface area contributed by atoms with Gasteiger partial charge in [-0.3, -0.25) is 0 Å². The highest BCUT2D eigenvalue weighted by Gasteiger charge is 2.12. The Morgan fingerprint density at radius 3 is 2.81 bits per heavy atom. The topological polar surface area (TPSA) is 24.1 Å². The highest BCUT2D eigenvalue weighted by Crippen LogP contribution is 2.10. The van der Waals surface area contributed by atoms with E-state index in [9.17, 15) is 0 Å². The van der Waals surface area contributed by atoms with Gasteiger partial charge in [0, 0.05) is 0 Å². The fourth-order valence-corrected chi connectivity index (χ4v) is 2.27. The zero-order valence-corrected chi connectivity index (χ0v) is 9.91. The van der Waals surface area contributed by atoms with Gasteiger partial charge >= 0.3 is 0 Å². The van der Waals surface area contributed by atoms with Crippen LogP contribution in [0.2, 0.25) is 0 Å². The Kier molecular flexibility index (Phi) is 4.84. The molecule has 16 heavy (non-hydrogen) atoms. The van der Waals surface area contributed by atoms with Crippen LogP contribution in [0.25, 0.3) is 0 Å². The predicted octanol–water partition coefficient (Wildman–Crippen LogP) is 1.82. The molecular formula is C14H22N2. The van der Waals surface area contributed by atoms with Gasteiger partial charge in [0.1, 0.15) is 0 Å². The molecule has 1 aromatic carbocycles. The minimum atomic E-state index is 0.907. The lowest BCUT2D eigenvalue weighted by Crippen LogP contribution is -2.21. The summed E-state index contributed by atoms with van der Waals surface area (Å²) in [5.74, 6) is 0.907. The van der Waals surface area contributed by atoms with Crippen molar-refractivity contribution in [3.8, 4) is 0 Å². The third kappa shape index (κ3) is 3.95. The predicted molar refractivity (Wildman–Crippen MR) is 68.6 cm³/mol. The van der Waals surface area contributed by atoms with Crippen LogP contribution in [0.4, 0.5) is 0 Å². The van der Waals surface area contributed by atoms with Crippen molar-refractivity contribution >= 4 is 0 Å². The normalized spacial score (nSPS) is 20.1. The summed E-state index contributed by atoms with van der Waals surface area (Å²) >= 11 is 0. The van der Waals surface area contributed by atoms with E-state index >= 15 is 0 Å². The second-order valence-corrected chi connectivity index (χ2v) is 4.63. The zero-order chi connectivity index (χ0) is 11.1. The van der Waals surface area contributed by atoms with Gasteiger partial charge in [0.25, 0.3) is 0 Å². The Morgan fingerprint density at radius 2 is 2.06 bits per heavy atom. The van der Waals surface area contributed by atoms with Crippen LogP contribution in [-0.2, 0) is 6.42 Å². The van der Waals surface area contributed by atoms with Crippen LogP contribution in [0.1, 0.15) is 18.4 Å². The van der Waals surface area contributed by atoms with Gasteiger partial charge in [-0.05, 0) is 56.9 Å². The summed E-state index contributed by atoms with van der Waals surface area (Å²) in [6.07, 6.45) is 3.83. The van der Waals surface area contributed by atoms with Gasteiger partial charge in [-0.25, -0.2) is 0 Å². The lowest BCUT2D eigenvalue weighted by molar-refractivity contribution is 0.501. The molecule has 0 spiro atoms. The summed E-state index contributed by atoms with van der Waals surface area (Å²) in [5, 5.41) is 6.94. The molecule has 2 nitrogen and oxygen atoms in total. The van der Waals surface area contributed by atoms with E-state index in [1.807, 2.05) is 0 Å². The van der Waals surface area contributed by atoms with Gasteiger partial charge in [0.15, 0.2) is 0 Å². The van der Waals surface area contributed by atoms with E-state index in [4.69, 9.17) is 0 Å². The van der Waals surface area contributed by atoms with E-state index in [-0.39, 0.29) is 0 Å². The molecule has 1 saturated heterocycles. The summed E-state index contributed by atoms with van der Waals surface area (Å²) in [6.45, 7) is 4.71. The lowest BCUT2D eigenvalue weighted by Gasteiger charge is -2.09. The molecule has 88 valence electrons. The monoisotopic (exact) mass is 218 g/mol. The van der Waals surface area contributed by atoms with Crippen molar-refractivity contribution in [3.63, 3.8) is 0 Å². The fourth-order valence-electron chi connectivity index (χ4n) is 2.27. The maximum absolute atomic E-state index is 3.53. The van der Waals surface area contributed by atoms with Crippen LogP contribution in [0.3, 0.4) is 0 Å². The van der Waals surface area contributed by atoms with E-state index in [2.05, 4.69) is 41.0 Å². The second-order valence-electron chi connectivity index (χ2n) is 4.63. The van der Waals surface area contributed by atoms with Crippen LogP contribution in [0.5, 0.6) is 0 Å². The summed E-state index contributed by atoms with van der Waals surface area (Å²) < 4.78 is 0. The first-order valence-electron chi connectivity index (χ1n) is 6.40. The van der Waals surface area contributed by atoms with Gasteiger partial charge in [0.2, 0.25) is 0 Å². The second kappa shape index (κ2) is 6.66. The molecule has 1 fully saturated rings. The third-order valence-electron chi connectivity index (χ3n) is 3.33. The smallest absolute Gasteiger partial charge is 0.000835 e. The number of benzene rings is 1. The van der Waals surface area contributed by atoms with E-state index in [1.54, 1.807) is 0 Å². The molecule has 1 atom stereocenters. The molecule has 2 heteroatoms. The first-order chi connectivity index (χ1) is 7.95. The Hall–Kier alpha value is -0.860. The van der Waals surface area contributed by atoms with Crippen molar-refractivity contribution in [1.29, 1.82) is 0 Å². The van der Waals surface area contributed by atoms with Crippen molar-refractivity contribution < 1.29 is 0 Å². The minimum absolute atomic E-state index is 0.907. The van der Waals surface area contributed by atoms with Gasteiger partial charge in [0.05, 0.1) is 0 Å². The maximum Gasteiger partial charge on any atom is -0.000835 e. The van der Waals surface area contributed by atoms with Gasteiger partial charge in [-0.15, -0.1) is 0 Å². The SMILES string of the molecule is c1ccc(CCNCCC2CCNC2)cc1. The van der Waals surface area contributed by atoms with Crippen molar-refractivity contribution in [2.24, 2.45) is 5.92 Å². The van der Waals surface area contributed by atoms with Crippen molar-refractivity contribution in [3.05, 3.63) is 35.9 Å². The number of hydrogen-bond donors (Lipinski definition) is 2. The van der Waals surface area contributed by atoms with Crippen LogP contribution in [0, 0.1) is 5.92 Å². The van der Waals surface area contributed by atoms with Crippen LogP contribution < -0.4 is 10.6 Å². The molecule has 0 saturated carbocycles. The van der Waals surface area contributed by atoms with Gasteiger partial charge in [-0.1, -0.05) is 30.3 Å². The largest absolute Gasteiger partial charge is 0.316 e. The van der Waals surface area contributed by atoms with E-state index in [0.29, 0.717) is 0 Å². The van der Waals surface area contributed by atoms with Crippen molar-refractivity contribution in [2.75, 3.05) is 26.2 Å². The first-order valence-corrected chi connectivity index (χ1v) is 6.40. The molecule has 0 aliphatic carbocycles. The average Bonchev–Trinajstić information content (AvgIpc) is 2.83. The fraction of sp³-hybridized carbons (Fsp3) is 0.571. The molecule has 1 heterocycles. The van der Waals surface area contributed by atoms with Crippen LogP contribution >= 0.6 is 0 Å². The van der Waals surface area contributed by atoms with E-state index in [1.165, 1.54) is 38.0 Å². The molecule has 0 aromatic heterocycles. The number of nitrogens with one attached hydrogen (secondary N) is 2. The standard InChI is InChI=1S/C14H22N2/c1-2-4-13(5-3-1)6-9-15-10-7-14-8-11-16-12-14/h1-5,14-16H,6-12H2. The summed E-state index contributed by atoms with van der Waals surface area (Å²) in [5.41, 5.74) is 1.43. The first kappa shape index (κ1) is 11.6. The number of rotatable bonds is 6. The Labute approximate surface area is 98.4 Å². The highest BCUT2D eigenvalue weighted by atomic mass is 14.9. The summed E-state index contributed by atoms with van der Waals surface area (Å²) in [6, 6.07) is 10.7. The molecule has 0 amide bonds. The lowest BCUT2D eigenvalue weighted by atomic mass is 10.1. The molecule has 1 aliphatic heterocycles. The molecule has 1 aromatic rings. The summed E-state index contributed by atoms with van der Waals surface area (Å²) in [7, 11) is 0. The minimum Gasteiger partial charge on any atom is -0.316 e. The molecule has 1 unspecified atom stereocenters. The Balaban J connectivity index is 1.52. The van der Waals surface area contributed by atoms with Gasteiger partial charge in [-0.2, -0.15) is 0 Å². The number of hydrogen-bond acceptors (Lipinski definition) is 2. The van der Waals surface area contributed by atoms with E-state index < -0.39 is 0 Å².